The van der Waals surface area contributed by atoms with E-state index in [2.05, 4.69) is 15.3 Å². The predicted molar refractivity (Wildman–Crippen MR) is 112 cm³/mol. The smallest absolute Gasteiger partial charge is 0.329 e. The van der Waals surface area contributed by atoms with Crippen LogP contribution in [0.3, 0.4) is 0 Å². The van der Waals surface area contributed by atoms with E-state index < -0.39 is 47.4 Å². The van der Waals surface area contributed by atoms with E-state index in [0.29, 0.717) is 17.3 Å². The van der Waals surface area contributed by atoms with Crippen LogP contribution in [0.15, 0.2) is 60.8 Å². The zero-order chi connectivity index (χ0) is 25.9. The molecule has 3 aromatic rings. The Bertz CT molecular complexity index is 1180. The highest BCUT2D eigenvalue weighted by Gasteiger charge is 2.42. The van der Waals surface area contributed by atoms with Crippen molar-refractivity contribution < 1.29 is 35.5 Å². The van der Waals surface area contributed by atoms with Crippen LogP contribution in [0.1, 0.15) is 28.2 Å². The summed E-state index contributed by atoms with van der Waals surface area (Å²) in [5.74, 6) is -1.50. The van der Waals surface area contributed by atoms with Crippen molar-refractivity contribution in [3.05, 3.63) is 94.8 Å². The molecule has 0 fully saturated rings. The average Bonchev–Trinajstić information content (AvgIpc) is 2.76. The van der Waals surface area contributed by atoms with Gasteiger partial charge in [0.05, 0.1) is 5.56 Å². The van der Waals surface area contributed by atoms with Gasteiger partial charge in [-0.3, -0.25) is 0 Å². The Balaban J connectivity index is 2.25. The Morgan fingerprint density at radius 1 is 0.943 bits per heavy atom. The molecule has 2 N–H and O–H groups in total. The molecule has 2 aromatic carbocycles. The number of alkyl halides is 6. The van der Waals surface area contributed by atoms with Crippen molar-refractivity contribution in [3.63, 3.8) is 0 Å². The van der Waals surface area contributed by atoms with E-state index in [1.54, 1.807) is 42.6 Å². The molecule has 0 spiro atoms. The summed E-state index contributed by atoms with van der Waals surface area (Å²) in [6.07, 6.45) is -8.71. The maximum atomic E-state index is 14.4. The number of carbonyl (C=O) groups excluding carboxylic acids is 1. The van der Waals surface area contributed by atoms with Crippen LogP contribution in [0.5, 0.6) is 0 Å². The van der Waals surface area contributed by atoms with Crippen LogP contribution in [-0.2, 0) is 18.1 Å². The molecule has 1 heterocycles. The summed E-state index contributed by atoms with van der Waals surface area (Å²) in [7, 11) is 0. The fourth-order valence-electron chi connectivity index (χ4n) is 3.46. The molecule has 1 aromatic heterocycles. The molecule has 0 bridgehead atoms. The molecular formula is C23H19F7N4O. The molecule has 0 aliphatic heterocycles. The minimum Gasteiger partial charge on any atom is -0.329 e. The summed E-state index contributed by atoms with van der Waals surface area (Å²) in [5, 5.41) is 3.94. The number of urea groups is 1. The second kappa shape index (κ2) is 9.88. The van der Waals surface area contributed by atoms with Crippen molar-refractivity contribution in [1.82, 2.24) is 20.6 Å². The molecule has 0 saturated heterocycles. The van der Waals surface area contributed by atoms with Crippen LogP contribution in [0.4, 0.5) is 35.5 Å². The molecule has 0 radical (unpaired) electrons. The molecule has 1 unspecified atom stereocenters. The van der Waals surface area contributed by atoms with Crippen LogP contribution in [0.2, 0.25) is 0 Å². The molecular weight excluding hydrogens is 481 g/mol. The molecule has 12 heteroatoms. The van der Waals surface area contributed by atoms with Gasteiger partial charge in [-0.2, -0.15) is 26.3 Å². The number of carbonyl (C=O) groups is 1. The highest BCUT2D eigenvalue weighted by molar-refractivity contribution is 5.76. The average molecular weight is 500 g/mol. The number of halogens is 7. The van der Waals surface area contributed by atoms with Gasteiger partial charge in [-0.1, -0.05) is 30.3 Å². The third-order valence-corrected chi connectivity index (χ3v) is 4.98. The Morgan fingerprint density at radius 2 is 1.60 bits per heavy atom. The number of rotatable bonds is 6. The standard InChI is InChI=1S/C23H19F7N4O/c1-14-7-8-31-19(33-14)21(12-15-5-3-2-4-6-15,34-20(35)32-13-22(25,26)27)16-9-17(23(28,29)30)11-18(24)10-16/h2-11H,12-13H2,1H3,(H2,32,34,35). The summed E-state index contributed by atoms with van der Waals surface area (Å²) in [5.41, 5.74) is -2.99. The number of hydrogen-bond acceptors (Lipinski definition) is 3. The van der Waals surface area contributed by atoms with E-state index in [9.17, 15) is 35.5 Å². The summed E-state index contributed by atoms with van der Waals surface area (Å²) >= 11 is 0. The molecule has 0 aliphatic carbocycles. The maximum absolute atomic E-state index is 14.4. The largest absolute Gasteiger partial charge is 0.416 e. The first kappa shape index (κ1) is 25.9. The molecule has 0 saturated carbocycles. The van der Waals surface area contributed by atoms with Gasteiger partial charge in [-0.15, -0.1) is 0 Å². The lowest BCUT2D eigenvalue weighted by molar-refractivity contribution is -0.137. The second-order valence-electron chi connectivity index (χ2n) is 7.74. The summed E-state index contributed by atoms with van der Waals surface area (Å²) in [6.45, 7) is -0.152. The zero-order valence-electron chi connectivity index (χ0n) is 18.1. The van der Waals surface area contributed by atoms with Crippen molar-refractivity contribution >= 4 is 6.03 Å². The molecule has 0 aliphatic rings. The van der Waals surface area contributed by atoms with Gasteiger partial charge in [0.2, 0.25) is 0 Å². The van der Waals surface area contributed by atoms with Gasteiger partial charge in [-0.25, -0.2) is 19.2 Å². The number of amides is 2. The van der Waals surface area contributed by atoms with Crippen molar-refractivity contribution in [2.75, 3.05) is 6.54 Å². The topological polar surface area (TPSA) is 66.9 Å². The monoisotopic (exact) mass is 500 g/mol. The molecule has 5 nitrogen and oxygen atoms in total. The minimum atomic E-state index is -4.94. The van der Waals surface area contributed by atoms with E-state index in [1.165, 1.54) is 12.3 Å². The number of nitrogens with zero attached hydrogens (tertiary/aromatic N) is 2. The number of aromatic nitrogens is 2. The first-order valence-electron chi connectivity index (χ1n) is 10.1. The summed E-state index contributed by atoms with van der Waals surface area (Å²) in [6, 6.07) is 9.85. The Labute approximate surface area is 195 Å². The first-order chi connectivity index (χ1) is 16.3. The summed E-state index contributed by atoms with van der Waals surface area (Å²) < 4.78 is 93.1. The van der Waals surface area contributed by atoms with E-state index in [0.717, 1.165) is 6.07 Å². The van der Waals surface area contributed by atoms with Crippen molar-refractivity contribution in [1.29, 1.82) is 0 Å². The normalized spacial score (nSPS) is 13.7. The number of nitrogens with one attached hydrogen (secondary N) is 2. The van der Waals surface area contributed by atoms with E-state index >= 15 is 0 Å². The third-order valence-electron chi connectivity index (χ3n) is 4.98. The van der Waals surface area contributed by atoms with Crippen LogP contribution in [-0.4, -0.2) is 28.7 Å². The fraction of sp³-hybridized carbons (Fsp3) is 0.261. The summed E-state index contributed by atoms with van der Waals surface area (Å²) in [4.78, 5) is 20.9. The first-order valence-corrected chi connectivity index (χ1v) is 10.1. The van der Waals surface area contributed by atoms with E-state index in [4.69, 9.17) is 0 Å². The van der Waals surface area contributed by atoms with Crippen molar-refractivity contribution in [2.24, 2.45) is 0 Å². The van der Waals surface area contributed by atoms with Crippen molar-refractivity contribution in [3.8, 4) is 0 Å². The van der Waals surface area contributed by atoms with Crippen LogP contribution in [0.25, 0.3) is 0 Å². The highest BCUT2D eigenvalue weighted by atomic mass is 19.4. The predicted octanol–water partition coefficient (Wildman–Crippen LogP) is 5.29. The van der Waals surface area contributed by atoms with Gasteiger partial charge in [0.1, 0.15) is 17.9 Å². The molecule has 1 atom stereocenters. The quantitative estimate of drug-likeness (QED) is 0.452. The van der Waals surface area contributed by atoms with Gasteiger partial charge in [-0.05, 0) is 42.3 Å². The zero-order valence-corrected chi connectivity index (χ0v) is 18.1. The van der Waals surface area contributed by atoms with E-state index in [-0.39, 0.29) is 18.3 Å². The third kappa shape index (κ3) is 6.67. The molecule has 2 amide bonds. The second-order valence-corrected chi connectivity index (χ2v) is 7.74. The Morgan fingerprint density at radius 3 is 2.20 bits per heavy atom. The van der Waals surface area contributed by atoms with Crippen LogP contribution < -0.4 is 10.6 Å². The lowest BCUT2D eigenvalue weighted by atomic mass is 9.81. The lowest BCUT2D eigenvalue weighted by Gasteiger charge is -2.35. The number of hydrogen-bond donors (Lipinski definition) is 2. The Kier molecular flexibility index (Phi) is 7.32. The van der Waals surface area contributed by atoms with Gasteiger partial charge in [0.25, 0.3) is 0 Å². The van der Waals surface area contributed by atoms with E-state index in [1.807, 2.05) is 0 Å². The van der Waals surface area contributed by atoms with Gasteiger partial charge >= 0.3 is 18.4 Å². The van der Waals surface area contributed by atoms with Gasteiger partial charge < -0.3 is 10.6 Å². The minimum absolute atomic E-state index is 0.234. The van der Waals surface area contributed by atoms with Gasteiger partial charge in [0, 0.05) is 18.3 Å². The van der Waals surface area contributed by atoms with Crippen molar-refractivity contribution in [2.45, 2.75) is 31.2 Å². The highest BCUT2D eigenvalue weighted by Crippen LogP contribution is 2.37. The lowest BCUT2D eigenvalue weighted by Crippen LogP contribution is -2.54. The Hall–Kier alpha value is -3.70. The molecule has 3 rings (SSSR count). The fourth-order valence-corrected chi connectivity index (χ4v) is 3.46. The van der Waals surface area contributed by atoms with Crippen LogP contribution >= 0.6 is 0 Å². The molecule has 35 heavy (non-hydrogen) atoms. The maximum Gasteiger partial charge on any atom is 0.416 e. The van der Waals surface area contributed by atoms with Crippen LogP contribution in [0, 0.1) is 12.7 Å². The molecule has 186 valence electrons. The SMILES string of the molecule is Cc1ccnc(C(Cc2ccccc2)(NC(=O)NCC(F)(F)F)c2cc(F)cc(C(F)(F)F)c2)n1. The number of benzene rings is 2. The number of aryl methyl sites for hydroxylation is 1. The van der Waals surface area contributed by atoms with Gasteiger partial charge in [0.15, 0.2) is 5.82 Å².